The predicted octanol–water partition coefficient (Wildman–Crippen LogP) is 3.28. The van der Waals surface area contributed by atoms with Gasteiger partial charge < -0.3 is 58.6 Å². The molecule has 0 bridgehead atoms. The highest BCUT2D eigenvalue weighted by Gasteiger charge is 2.41. The van der Waals surface area contributed by atoms with Gasteiger partial charge in [0.2, 0.25) is 29.5 Å². The van der Waals surface area contributed by atoms with Gasteiger partial charge in [-0.15, -0.1) is 0 Å². The second-order valence-electron chi connectivity index (χ2n) is 20.4. The van der Waals surface area contributed by atoms with Gasteiger partial charge in [-0.2, -0.15) is 0 Å². The first-order chi connectivity index (χ1) is 34.3. The van der Waals surface area contributed by atoms with Gasteiger partial charge in [0.05, 0.1) is 30.8 Å². The normalized spacial score (nSPS) is 27.3. The number of alkyl carbamates (subject to hydrolysis) is 1. The number of nitrogens with two attached hydrogens (primary N) is 3. The van der Waals surface area contributed by atoms with Gasteiger partial charge in [0, 0.05) is 61.2 Å². The fourth-order valence-corrected chi connectivity index (χ4v) is 11.1. The van der Waals surface area contributed by atoms with Gasteiger partial charge in [-0.05, 0) is 101 Å². The van der Waals surface area contributed by atoms with Crippen molar-refractivity contribution in [3.8, 4) is 0 Å². The van der Waals surface area contributed by atoms with Crippen LogP contribution in [0.1, 0.15) is 127 Å². The molecule has 12 atom stereocenters. The zero-order valence-electron chi connectivity index (χ0n) is 41.5. The topological polar surface area (TPSA) is 288 Å². The minimum atomic E-state index is -0.682. The lowest BCUT2D eigenvalue weighted by Crippen LogP contribution is -2.57. The maximum absolute atomic E-state index is 14.5. The molecule has 4 aliphatic carbocycles. The van der Waals surface area contributed by atoms with Crippen molar-refractivity contribution in [3.05, 3.63) is 71.8 Å². The molecule has 4 fully saturated rings. The zero-order chi connectivity index (χ0) is 50.7. The molecule has 4 saturated carbocycles. The number of ether oxygens (including phenoxy) is 2. The Bertz CT molecular complexity index is 2060. The summed E-state index contributed by atoms with van der Waals surface area (Å²) in [6.07, 6.45) is 9.43. The Morgan fingerprint density at radius 2 is 1.06 bits per heavy atom. The number of nitrogens with one attached hydrogen (secondary N) is 6. The Hall–Kier alpha value is -5.59. The van der Waals surface area contributed by atoms with Crippen molar-refractivity contribution < 1.29 is 43.0 Å². The van der Waals surface area contributed by atoms with Crippen molar-refractivity contribution in [2.75, 3.05) is 13.7 Å². The van der Waals surface area contributed by atoms with Gasteiger partial charge >= 0.3 is 12.1 Å². The minimum Gasteiger partial charge on any atom is -0.469 e. The number of hydrogen-bond acceptors (Lipinski definition) is 12. The largest absolute Gasteiger partial charge is 0.469 e. The van der Waals surface area contributed by atoms with Crippen LogP contribution < -0.4 is 49.1 Å². The summed E-state index contributed by atoms with van der Waals surface area (Å²) in [6.45, 7) is 0.477. The molecule has 2 aromatic carbocycles. The van der Waals surface area contributed by atoms with Gasteiger partial charge in [0.1, 0.15) is 6.61 Å². The molecule has 18 heteroatoms. The monoisotopic (exact) mass is 986 g/mol. The molecule has 0 heterocycles. The molecule has 6 amide bonds. The number of benzene rings is 2. The van der Waals surface area contributed by atoms with E-state index in [2.05, 4.69) is 31.9 Å². The average Bonchev–Trinajstić information content (AvgIpc) is 3.36. The standard InChI is InChI=1S/C53H79N9O9/c1-70-52(68)40-19-9-11-21-44(40)61-51(67)41-28-35(55)22-24-45(41)60-48(64)31-38(27-33-13-4-2-5-14-33)57-50(66)42-29-36(56)23-25-46(42)62-49(65)39-18-8-10-20-43(39)59-47(63)30-37(17-12-26-54)58-53(69)71-32-34-15-6-3-7-16-34/h2-7,13-16,35-46H,8-12,17-32,54-56H2,1H3,(H,57,66)(H,58,69)(H,59,63)(H,60,64)(H,61,67)(H,62,65)/t35-,36-,37-,38-,39-,40-,41-,42-,43-,44-,45-,46-/m1/s1. The zero-order valence-corrected chi connectivity index (χ0v) is 41.5. The summed E-state index contributed by atoms with van der Waals surface area (Å²) in [6, 6.07) is 15.4. The van der Waals surface area contributed by atoms with Crippen molar-refractivity contribution in [1.82, 2.24) is 31.9 Å². The van der Waals surface area contributed by atoms with E-state index in [1.54, 1.807) is 0 Å². The molecule has 6 rings (SSSR count). The Labute approximate surface area is 418 Å². The molecule has 0 spiro atoms. The summed E-state index contributed by atoms with van der Waals surface area (Å²) >= 11 is 0. The Kier molecular flexibility index (Phi) is 21.5. The maximum Gasteiger partial charge on any atom is 0.407 e. The summed E-state index contributed by atoms with van der Waals surface area (Å²) in [7, 11) is 1.35. The van der Waals surface area contributed by atoms with Crippen molar-refractivity contribution in [2.45, 2.75) is 177 Å². The number of carbonyl (C=O) groups is 7. The lowest BCUT2D eigenvalue weighted by Gasteiger charge is -2.38. The molecular weight excluding hydrogens is 907 g/mol. The predicted molar refractivity (Wildman–Crippen MR) is 267 cm³/mol. The van der Waals surface area contributed by atoms with Crippen LogP contribution in [0.15, 0.2) is 60.7 Å². The summed E-state index contributed by atoms with van der Waals surface area (Å²) in [5, 5.41) is 18.5. The lowest BCUT2D eigenvalue weighted by molar-refractivity contribution is -0.148. The molecular formula is C53H79N9O9. The third-order valence-electron chi connectivity index (χ3n) is 15.0. The Morgan fingerprint density at radius 3 is 1.65 bits per heavy atom. The fraction of sp³-hybridized carbons (Fsp3) is 0.642. The molecule has 0 aromatic heterocycles. The molecule has 2 aromatic rings. The SMILES string of the molecule is COC(=O)[C@@H]1CCCC[C@H]1NC(=O)[C@@H]1C[C@H](N)CC[C@H]1NC(=O)C[C@@H](Cc1ccccc1)NC(=O)[C@@H]1C[C@H](N)CC[C@H]1NC(=O)[C@@H]1CCCC[C@H]1NC(=O)C[C@@H](CCCN)NC(=O)OCc1ccccc1. The van der Waals surface area contributed by atoms with E-state index in [1.165, 1.54) is 7.11 Å². The number of amides is 6. The highest BCUT2D eigenvalue weighted by Crippen LogP contribution is 2.31. The maximum atomic E-state index is 14.5. The summed E-state index contributed by atoms with van der Waals surface area (Å²) in [5.41, 5.74) is 20.4. The van der Waals surface area contributed by atoms with Crippen molar-refractivity contribution in [3.63, 3.8) is 0 Å². The number of methoxy groups -OCH3 is 1. The third-order valence-corrected chi connectivity index (χ3v) is 15.0. The first-order valence-corrected chi connectivity index (χ1v) is 26.1. The first kappa shape index (κ1) is 54.7. The van der Waals surface area contributed by atoms with Crippen molar-refractivity contribution >= 4 is 41.6 Å². The molecule has 0 saturated heterocycles. The Morgan fingerprint density at radius 1 is 0.563 bits per heavy atom. The van der Waals surface area contributed by atoms with E-state index in [4.69, 9.17) is 26.7 Å². The highest BCUT2D eigenvalue weighted by molar-refractivity contribution is 5.86. The smallest absolute Gasteiger partial charge is 0.407 e. The van der Waals surface area contributed by atoms with Gasteiger partial charge in [-0.1, -0.05) is 86.3 Å². The van der Waals surface area contributed by atoms with Gasteiger partial charge in [-0.3, -0.25) is 28.8 Å². The van der Waals surface area contributed by atoms with Crippen LogP contribution in [0.3, 0.4) is 0 Å². The summed E-state index contributed by atoms with van der Waals surface area (Å²) in [4.78, 5) is 95.5. The number of esters is 1. The molecule has 71 heavy (non-hydrogen) atoms. The highest BCUT2D eigenvalue weighted by atomic mass is 16.5. The lowest BCUT2D eigenvalue weighted by atomic mass is 9.79. The molecule has 0 radical (unpaired) electrons. The van der Waals surface area contributed by atoms with Crippen LogP contribution in [-0.2, 0) is 51.3 Å². The van der Waals surface area contributed by atoms with Crippen LogP contribution in [0.25, 0.3) is 0 Å². The van der Waals surface area contributed by atoms with Gasteiger partial charge in [0.15, 0.2) is 0 Å². The summed E-state index contributed by atoms with van der Waals surface area (Å²) < 4.78 is 10.5. The molecule has 12 N–H and O–H groups in total. The van der Waals surface area contributed by atoms with E-state index in [0.717, 1.165) is 36.8 Å². The third kappa shape index (κ3) is 17.0. The molecule has 0 unspecified atom stereocenters. The fourth-order valence-electron chi connectivity index (χ4n) is 11.1. The van der Waals surface area contributed by atoms with Crippen LogP contribution in [0.2, 0.25) is 0 Å². The van der Waals surface area contributed by atoms with E-state index >= 15 is 0 Å². The van der Waals surface area contributed by atoms with E-state index in [9.17, 15) is 33.6 Å². The Balaban J connectivity index is 1.07. The number of rotatable bonds is 21. The molecule has 0 aliphatic heterocycles. The molecule has 18 nitrogen and oxygen atoms in total. The van der Waals surface area contributed by atoms with E-state index in [-0.39, 0.29) is 73.1 Å². The first-order valence-electron chi connectivity index (χ1n) is 26.1. The van der Waals surface area contributed by atoms with E-state index < -0.39 is 60.0 Å². The van der Waals surface area contributed by atoms with Gasteiger partial charge in [-0.25, -0.2) is 4.79 Å². The van der Waals surface area contributed by atoms with E-state index in [1.807, 2.05) is 60.7 Å². The summed E-state index contributed by atoms with van der Waals surface area (Å²) in [5.74, 6) is -4.03. The van der Waals surface area contributed by atoms with Crippen molar-refractivity contribution in [1.29, 1.82) is 0 Å². The van der Waals surface area contributed by atoms with Crippen LogP contribution in [-0.4, -0.2) is 104 Å². The number of hydrogen-bond donors (Lipinski definition) is 9. The van der Waals surface area contributed by atoms with Gasteiger partial charge in [0.25, 0.3) is 0 Å². The molecule has 390 valence electrons. The van der Waals surface area contributed by atoms with E-state index in [0.29, 0.717) is 90.0 Å². The second kappa shape index (κ2) is 27.9. The van der Waals surface area contributed by atoms with Crippen LogP contribution in [0.4, 0.5) is 4.79 Å². The average molecular weight is 986 g/mol. The number of carbonyl (C=O) groups excluding carboxylic acids is 7. The second-order valence-corrected chi connectivity index (χ2v) is 20.4. The van der Waals surface area contributed by atoms with Crippen molar-refractivity contribution in [2.24, 2.45) is 40.9 Å². The van der Waals surface area contributed by atoms with Crippen LogP contribution in [0.5, 0.6) is 0 Å². The van der Waals surface area contributed by atoms with Crippen LogP contribution in [0, 0.1) is 23.7 Å². The van der Waals surface area contributed by atoms with Crippen LogP contribution >= 0.6 is 0 Å². The molecule has 4 aliphatic rings. The minimum absolute atomic E-state index is 0.0137. The quantitative estimate of drug-likeness (QED) is 0.0816.